The summed E-state index contributed by atoms with van der Waals surface area (Å²) in [7, 11) is 0. The number of nitrogens with zero attached hydrogens (tertiary/aromatic N) is 1. The third-order valence-corrected chi connectivity index (χ3v) is 4.63. The van der Waals surface area contributed by atoms with Crippen LogP contribution >= 0.6 is 11.3 Å². The van der Waals surface area contributed by atoms with Gasteiger partial charge in [0.25, 0.3) is 0 Å². The molecule has 2 N–H and O–H groups in total. The van der Waals surface area contributed by atoms with E-state index in [0.29, 0.717) is 13.1 Å². The lowest BCUT2D eigenvalue weighted by Gasteiger charge is -2.11. The van der Waals surface area contributed by atoms with Crippen molar-refractivity contribution in [3.05, 3.63) is 77.2 Å². The van der Waals surface area contributed by atoms with Crippen LogP contribution in [-0.2, 0) is 6.54 Å². The SMILES string of the molecule is OC(CNCc1ccc(-c2cccc(F)c2)s1)c1ccncc1. The van der Waals surface area contributed by atoms with Crippen LogP contribution in [0.4, 0.5) is 4.39 Å². The van der Waals surface area contributed by atoms with Crippen molar-refractivity contribution < 1.29 is 9.50 Å². The minimum absolute atomic E-state index is 0.226. The molecule has 1 atom stereocenters. The predicted molar refractivity (Wildman–Crippen MR) is 90.6 cm³/mol. The van der Waals surface area contributed by atoms with Gasteiger partial charge < -0.3 is 10.4 Å². The summed E-state index contributed by atoms with van der Waals surface area (Å²) in [4.78, 5) is 6.12. The Hall–Kier alpha value is -2.08. The number of pyridine rings is 1. The average Bonchev–Trinajstić information content (AvgIpc) is 3.04. The highest BCUT2D eigenvalue weighted by atomic mass is 32.1. The van der Waals surface area contributed by atoms with E-state index in [2.05, 4.69) is 10.3 Å². The van der Waals surface area contributed by atoms with Crippen LogP contribution in [0.3, 0.4) is 0 Å². The lowest BCUT2D eigenvalue weighted by Crippen LogP contribution is -2.20. The van der Waals surface area contributed by atoms with E-state index in [1.165, 1.54) is 12.1 Å². The second kappa shape index (κ2) is 7.46. The first kappa shape index (κ1) is 15.8. The van der Waals surface area contributed by atoms with Gasteiger partial charge in [0, 0.05) is 35.2 Å². The Labute approximate surface area is 138 Å². The van der Waals surface area contributed by atoms with Crippen molar-refractivity contribution in [2.45, 2.75) is 12.6 Å². The van der Waals surface area contributed by atoms with Gasteiger partial charge in [-0.1, -0.05) is 12.1 Å². The number of aliphatic hydroxyl groups is 1. The molecule has 0 amide bonds. The van der Waals surface area contributed by atoms with Gasteiger partial charge in [-0.05, 0) is 47.5 Å². The van der Waals surface area contributed by atoms with E-state index in [1.807, 2.05) is 18.2 Å². The lowest BCUT2D eigenvalue weighted by molar-refractivity contribution is 0.174. The molecule has 2 aromatic heterocycles. The largest absolute Gasteiger partial charge is 0.387 e. The Balaban J connectivity index is 1.55. The zero-order valence-corrected chi connectivity index (χ0v) is 13.3. The lowest BCUT2D eigenvalue weighted by atomic mass is 10.1. The van der Waals surface area contributed by atoms with Crippen molar-refractivity contribution in [2.24, 2.45) is 0 Å². The zero-order valence-electron chi connectivity index (χ0n) is 12.4. The fraction of sp³-hybridized carbons (Fsp3) is 0.167. The van der Waals surface area contributed by atoms with Gasteiger partial charge in [-0.25, -0.2) is 4.39 Å². The number of benzene rings is 1. The number of nitrogens with one attached hydrogen (secondary N) is 1. The van der Waals surface area contributed by atoms with Gasteiger partial charge in [-0.3, -0.25) is 4.98 Å². The molecular formula is C18H17FN2OS. The van der Waals surface area contributed by atoms with Crippen molar-refractivity contribution in [1.29, 1.82) is 0 Å². The van der Waals surface area contributed by atoms with Gasteiger partial charge in [0.2, 0.25) is 0 Å². The molecule has 0 aliphatic heterocycles. The molecule has 1 aromatic carbocycles. The maximum Gasteiger partial charge on any atom is 0.123 e. The summed E-state index contributed by atoms with van der Waals surface area (Å²) in [6, 6.07) is 14.2. The highest BCUT2D eigenvalue weighted by Crippen LogP contribution is 2.28. The van der Waals surface area contributed by atoms with Crippen LogP contribution in [0.2, 0.25) is 0 Å². The Kier molecular flexibility index (Phi) is 5.12. The molecule has 3 aromatic rings. The third-order valence-electron chi connectivity index (χ3n) is 3.50. The first-order chi connectivity index (χ1) is 11.2. The van der Waals surface area contributed by atoms with Crippen LogP contribution in [0.5, 0.6) is 0 Å². The van der Waals surface area contributed by atoms with E-state index in [0.717, 1.165) is 20.9 Å². The molecule has 0 fully saturated rings. The van der Waals surface area contributed by atoms with E-state index in [4.69, 9.17) is 0 Å². The summed E-state index contributed by atoms with van der Waals surface area (Å²) in [5.41, 5.74) is 1.73. The van der Waals surface area contributed by atoms with Crippen LogP contribution < -0.4 is 5.32 Å². The van der Waals surface area contributed by atoms with Gasteiger partial charge in [-0.2, -0.15) is 0 Å². The summed E-state index contributed by atoms with van der Waals surface area (Å²) < 4.78 is 13.3. The molecule has 2 heterocycles. The molecule has 118 valence electrons. The van der Waals surface area contributed by atoms with Crippen molar-refractivity contribution in [3.63, 3.8) is 0 Å². The zero-order chi connectivity index (χ0) is 16.1. The molecule has 0 radical (unpaired) electrons. The summed E-state index contributed by atoms with van der Waals surface area (Å²) in [6.07, 6.45) is 2.78. The Morgan fingerprint density at radius 3 is 2.74 bits per heavy atom. The number of aliphatic hydroxyl groups excluding tert-OH is 1. The number of hydrogen-bond donors (Lipinski definition) is 2. The molecule has 23 heavy (non-hydrogen) atoms. The summed E-state index contributed by atoms with van der Waals surface area (Å²) in [5.74, 6) is -0.226. The predicted octanol–water partition coefficient (Wildman–Crippen LogP) is 3.77. The number of aromatic nitrogens is 1. The molecule has 1 unspecified atom stereocenters. The highest BCUT2D eigenvalue weighted by molar-refractivity contribution is 7.15. The number of hydrogen-bond acceptors (Lipinski definition) is 4. The Morgan fingerprint density at radius 2 is 1.96 bits per heavy atom. The third kappa shape index (κ3) is 4.22. The van der Waals surface area contributed by atoms with E-state index in [-0.39, 0.29) is 5.82 Å². The van der Waals surface area contributed by atoms with Gasteiger partial charge in [0.05, 0.1) is 6.10 Å². The van der Waals surface area contributed by atoms with E-state index >= 15 is 0 Å². The smallest absolute Gasteiger partial charge is 0.123 e. The Bertz CT molecular complexity index is 760. The van der Waals surface area contributed by atoms with Crippen LogP contribution in [0.15, 0.2) is 60.9 Å². The number of thiophene rings is 1. The molecule has 0 saturated carbocycles. The normalized spacial score (nSPS) is 12.3. The second-order valence-corrected chi connectivity index (χ2v) is 6.37. The molecule has 3 rings (SSSR count). The van der Waals surface area contributed by atoms with Gasteiger partial charge in [-0.15, -0.1) is 11.3 Å². The Morgan fingerprint density at radius 1 is 1.13 bits per heavy atom. The molecule has 0 aliphatic rings. The van der Waals surface area contributed by atoms with Gasteiger partial charge in [0.15, 0.2) is 0 Å². The fourth-order valence-electron chi connectivity index (χ4n) is 2.31. The summed E-state index contributed by atoms with van der Waals surface area (Å²) in [5, 5.41) is 13.3. The van der Waals surface area contributed by atoms with E-state index < -0.39 is 6.10 Å². The number of halogens is 1. The molecule has 0 bridgehead atoms. The monoisotopic (exact) mass is 328 g/mol. The van der Waals surface area contributed by atoms with Crippen LogP contribution in [0.1, 0.15) is 16.5 Å². The minimum atomic E-state index is -0.555. The fourth-order valence-corrected chi connectivity index (χ4v) is 3.28. The van der Waals surface area contributed by atoms with Crippen molar-refractivity contribution in [2.75, 3.05) is 6.54 Å². The molecule has 0 spiro atoms. The van der Waals surface area contributed by atoms with E-state index in [9.17, 15) is 9.50 Å². The molecule has 5 heteroatoms. The van der Waals surface area contributed by atoms with Crippen molar-refractivity contribution >= 4 is 11.3 Å². The van der Waals surface area contributed by atoms with Crippen LogP contribution in [-0.4, -0.2) is 16.6 Å². The summed E-state index contributed by atoms with van der Waals surface area (Å²) >= 11 is 1.62. The second-order valence-electron chi connectivity index (χ2n) is 5.20. The maximum absolute atomic E-state index is 13.3. The molecule has 0 saturated heterocycles. The standard InChI is InChI=1S/C18H17FN2OS/c19-15-3-1-2-14(10-15)18-5-4-16(23-18)11-21-12-17(22)13-6-8-20-9-7-13/h1-10,17,21-22H,11-12H2. The molecule has 0 aliphatic carbocycles. The van der Waals surface area contributed by atoms with Gasteiger partial charge in [0.1, 0.15) is 5.82 Å². The first-order valence-corrected chi connectivity index (χ1v) is 8.17. The maximum atomic E-state index is 13.3. The van der Waals surface area contributed by atoms with Crippen molar-refractivity contribution in [1.82, 2.24) is 10.3 Å². The summed E-state index contributed by atoms with van der Waals surface area (Å²) in [6.45, 7) is 1.14. The molecule has 3 nitrogen and oxygen atoms in total. The van der Waals surface area contributed by atoms with Crippen molar-refractivity contribution in [3.8, 4) is 10.4 Å². The van der Waals surface area contributed by atoms with Gasteiger partial charge >= 0.3 is 0 Å². The number of rotatable bonds is 6. The minimum Gasteiger partial charge on any atom is -0.387 e. The van der Waals surface area contributed by atoms with E-state index in [1.54, 1.807) is 41.9 Å². The van der Waals surface area contributed by atoms with Crippen LogP contribution in [0.25, 0.3) is 10.4 Å². The molecular weight excluding hydrogens is 311 g/mol. The average molecular weight is 328 g/mol. The first-order valence-electron chi connectivity index (χ1n) is 7.36. The quantitative estimate of drug-likeness (QED) is 0.724. The highest BCUT2D eigenvalue weighted by Gasteiger charge is 2.08. The topological polar surface area (TPSA) is 45.1 Å². The van der Waals surface area contributed by atoms with Crippen LogP contribution in [0, 0.1) is 5.82 Å².